The van der Waals surface area contributed by atoms with Crippen molar-refractivity contribution in [1.29, 1.82) is 0 Å². The summed E-state index contributed by atoms with van der Waals surface area (Å²) in [5, 5.41) is 2.97. The molecule has 1 fully saturated rings. The molecule has 1 aromatic heterocycles. The van der Waals surface area contributed by atoms with Gasteiger partial charge in [-0.2, -0.15) is 0 Å². The number of hydrogen-bond acceptors (Lipinski definition) is 5. The van der Waals surface area contributed by atoms with E-state index in [1.807, 2.05) is 0 Å². The summed E-state index contributed by atoms with van der Waals surface area (Å²) in [6.45, 7) is 0.332. The van der Waals surface area contributed by atoms with Gasteiger partial charge in [0.2, 0.25) is 5.91 Å². The average Bonchev–Trinajstić information content (AvgIpc) is 2.41. The Bertz CT molecular complexity index is 685. The van der Waals surface area contributed by atoms with Crippen molar-refractivity contribution >= 4 is 34.2 Å². The van der Waals surface area contributed by atoms with Crippen LogP contribution in [0.15, 0.2) is 24.7 Å². The van der Waals surface area contributed by atoms with Crippen molar-refractivity contribution in [2.24, 2.45) is 0 Å². The van der Waals surface area contributed by atoms with Crippen LogP contribution in [-0.4, -0.2) is 28.5 Å². The molecular weight excluding hydrogens is 246 g/mol. The second-order valence-corrected chi connectivity index (χ2v) is 4.21. The highest BCUT2D eigenvalue weighted by molar-refractivity contribution is 6.10. The van der Waals surface area contributed by atoms with Crippen LogP contribution in [0.25, 0.3) is 10.9 Å². The van der Waals surface area contributed by atoms with Gasteiger partial charge in [-0.3, -0.25) is 15.0 Å². The summed E-state index contributed by atoms with van der Waals surface area (Å²) in [4.78, 5) is 32.6. The van der Waals surface area contributed by atoms with Gasteiger partial charge in [-0.05, 0) is 12.1 Å². The van der Waals surface area contributed by atoms with E-state index in [0.29, 0.717) is 28.8 Å². The van der Waals surface area contributed by atoms with Crippen LogP contribution in [0.3, 0.4) is 0 Å². The van der Waals surface area contributed by atoms with Crippen LogP contribution < -0.4 is 16.0 Å². The number of amides is 3. The lowest BCUT2D eigenvalue weighted by Crippen LogP contribution is -2.49. The van der Waals surface area contributed by atoms with E-state index in [4.69, 9.17) is 5.73 Å². The van der Waals surface area contributed by atoms with Gasteiger partial charge in [0.15, 0.2) is 0 Å². The van der Waals surface area contributed by atoms with Crippen LogP contribution in [0.4, 0.5) is 16.2 Å². The molecular formula is C12H11N5O2. The molecule has 1 aliphatic rings. The van der Waals surface area contributed by atoms with E-state index in [9.17, 15) is 9.59 Å². The molecule has 0 aliphatic carbocycles. The van der Waals surface area contributed by atoms with Gasteiger partial charge in [-0.25, -0.2) is 14.8 Å². The Labute approximate surface area is 108 Å². The number of nitrogens with two attached hydrogens (primary N) is 1. The number of aromatic nitrogens is 2. The first kappa shape index (κ1) is 11.4. The number of rotatable bonds is 1. The lowest BCUT2D eigenvalue weighted by atomic mass is 10.1. The van der Waals surface area contributed by atoms with E-state index < -0.39 is 6.03 Å². The summed E-state index contributed by atoms with van der Waals surface area (Å²) < 4.78 is 0. The van der Waals surface area contributed by atoms with E-state index in [2.05, 4.69) is 15.3 Å². The fourth-order valence-electron chi connectivity index (χ4n) is 2.11. The van der Waals surface area contributed by atoms with Gasteiger partial charge in [0, 0.05) is 24.5 Å². The predicted molar refractivity (Wildman–Crippen MR) is 69.5 cm³/mol. The van der Waals surface area contributed by atoms with E-state index in [1.165, 1.54) is 11.2 Å². The minimum Gasteiger partial charge on any atom is -0.397 e. The summed E-state index contributed by atoms with van der Waals surface area (Å²) in [6.07, 6.45) is 3.28. The summed E-state index contributed by atoms with van der Waals surface area (Å²) in [6, 6.07) is 2.98. The third kappa shape index (κ3) is 1.85. The maximum absolute atomic E-state index is 11.9. The number of carbonyl (C=O) groups is 2. The minimum atomic E-state index is -0.439. The fraction of sp³-hybridized carbons (Fsp3) is 0.167. The molecule has 3 amide bonds. The Hall–Kier alpha value is -2.70. The number of carbonyl (C=O) groups excluding carboxylic acids is 2. The largest absolute Gasteiger partial charge is 0.397 e. The number of anilines is 2. The Morgan fingerprint density at radius 2 is 2.16 bits per heavy atom. The molecule has 0 spiro atoms. The zero-order valence-electron chi connectivity index (χ0n) is 9.96. The van der Waals surface area contributed by atoms with Crippen LogP contribution in [0.2, 0.25) is 0 Å². The van der Waals surface area contributed by atoms with Crippen LogP contribution in [0.5, 0.6) is 0 Å². The molecule has 0 unspecified atom stereocenters. The molecule has 0 atom stereocenters. The lowest BCUT2D eigenvalue weighted by molar-refractivity contribution is -0.120. The maximum atomic E-state index is 11.9. The SMILES string of the molecule is Nc1ccc(N2CCC(=O)NC2=O)c2cncnc12. The van der Waals surface area contributed by atoms with Crippen LogP contribution in [0, 0.1) is 0 Å². The highest BCUT2D eigenvalue weighted by Crippen LogP contribution is 2.29. The average molecular weight is 257 g/mol. The Balaban J connectivity index is 2.13. The highest BCUT2D eigenvalue weighted by atomic mass is 16.2. The molecule has 3 rings (SSSR count). The molecule has 0 bridgehead atoms. The first-order valence-corrected chi connectivity index (χ1v) is 5.76. The Morgan fingerprint density at radius 1 is 1.32 bits per heavy atom. The molecule has 1 aromatic carbocycles. The number of urea groups is 1. The fourth-order valence-corrected chi connectivity index (χ4v) is 2.11. The number of nitrogens with zero attached hydrogens (tertiary/aromatic N) is 3. The lowest BCUT2D eigenvalue weighted by Gasteiger charge is -2.27. The molecule has 0 saturated carbocycles. The third-order valence-electron chi connectivity index (χ3n) is 3.03. The number of nitrogens with one attached hydrogen (secondary N) is 1. The number of imide groups is 1. The van der Waals surface area contributed by atoms with Crippen molar-refractivity contribution in [2.75, 3.05) is 17.2 Å². The van der Waals surface area contributed by atoms with Crippen molar-refractivity contribution in [3.8, 4) is 0 Å². The van der Waals surface area contributed by atoms with Gasteiger partial charge in [0.1, 0.15) is 6.33 Å². The topological polar surface area (TPSA) is 101 Å². The second-order valence-electron chi connectivity index (χ2n) is 4.21. The molecule has 96 valence electrons. The maximum Gasteiger partial charge on any atom is 0.328 e. The monoisotopic (exact) mass is 257 g/mol. The smallest absolute Gasteiger partial charge is 0.328 e. The van der Waals surface area contributed by atoms with Gasteiger partial charge >= 0.3 is 6.03 Å². The summed E-state index contributed by atoms with van der Waals surface area (Å²) in [5.74, 6) is -0.266. The number of fused-ring (bicyclic) bond motifs is 1. The molecule has 1 aliphatic heterocycles. The van der Waals surface area contributed by atoms with Crippen LogP contribution >= 0.6 is 0 Å². The van der Waals surface area contributed by atoms with Crippen molar-refractivity contribution in [1.82, 2.24) is 15.3 Å². The summed E-state index contributed by atoms with van der Waals surface area (Å²) in [7, 11) is 0. The van der Waals surface area contributed by atoms with Crippen molar-refractivity contribution in [3.63, 3.8) is 0 Å². The Kier molecular flexibility index (Phi) is 2.52. The van der Waals surface area contributed by atoms with Crippen molar-refractivity contribution in [3.05, 3.63) is 24.7 Å². The molecule has 0 radical (unpaired) electrons. The van der Waals surface area contributed by atoms with E-state index in [-0.39, 0.29) is 12.3 Å². The standard InChI is InChI=1S/C12H11N5O2/c13-8-1-2-9(7-5-14-6-15-11(7)8)17-4-3-10(18)16-12(17)19/h1-2,5-6H,3-4,13H2,(H,16,18,19). The molecule has 3 N–H and O–H groups in total. The quantitative estimate of drug-likeness (QED) is 0.731. The zero-order chi connectivity index (χ0) is 13.4. The van der Waals surface area contributed by atoms with Gasteiger partial charge in [-0.15, -0.1) is 0 Å². The minimum absolute atomic E-state index is 0.266. The first-order chi connectivity index (χ1) is 9.16. The number of benzene rings is 1. The van der Waals surface area contributed by atoms with Crippen molar-refractivity contribution in [2.45, 2.75) is 6.42 Å². The van der Waals surface area contributed by atoms with Crippen LogP contribution in [-0.2, 0) is 4.79 Å². The molecule has 19 heavy (non-hydrogen) atoms. The van der Waals surface area contributed by atoms with Gasteiger partial charge in [-0.1, -0.05) is 0 Å². The molecule has 7 heteroatoms. The van der Waals surface area contributed by atoms with E-state index in [0.717, 1.165) is 0 Å². The summed E-state index contributed by atoms with van der Waals surface area (Å²) >= 11 is 0. The van der Waals surface area contributed by atoms with E-state index in [1.54, 1.807) is 18.3 Å². The molecule has 1 saturated heterocycles. The van der Waals surface area contributed by atoms with Crippen LogP contribution in [0.1, 0.15) is 6.42 Å². The molecule has 7 nitrogen and oxygen atoms in total. The Morgan fingerprint density at radius 3 is 2.95 bits per heavy atom. The second kappa shape index (κ2) is 4.20. The highest BCUT2D eigenvalue weighted by Gasteiger charge is 2.25. The zero-order valence-corrected chi connectivity index (χ0v) is 9.96. The van der Waals surface area contributed by atoms with Crippen molar-refractivity contribution < 1.29 is 9.59 Å². The van der Waals surface area contributed by atoms with Gasteiger partial charge in [0.25, 0.3) is 0 Å². The number of nitrogen functional groups attached to an aromatic ring is 1. The summed E-state index contributed by atoms with van der Waals surface area (Å²) in [5.41, 5.74) is 7.61. The van der Waals surface area contributed by atoms with Gasteiger partial charge < -0.3 is 5.73 Å². The van der Waals surface area contributed by atoms with Gasteiger partial charge in [0.05, 0.1) is 16.9 Å². The number of hydrogen-bond donors (Lipinski definition) is 2. The normalized spacial score (nSPS) is 15.7. The first-order valence-electron chi connectivity index (χ1n) is 5.76. The third-order valence-corrected chi connectivity index (χ3v) is 3.03. The molecule has 2 aromatic rings. The van der Waals surface area contributed by atoms with E-state index >= 15 is 0 Å². The predicted octanol–water partition coefficient (Wildman–Crippen LogP) is 0.658. The molecule has 2 heterocycles.